The van der Waals surface area contributed by atoms with Gasteiger partial charge in [0.2, 0.25) is 5.91 Å². The van der Waals surface area contributed by atoms with Gasteiger partial charge in [-0.25, -0.2) is 13.8 Å². The summed E-state index contributed by atoms with van der Waals surface area (Å²) in [4.78, 5) is 18.6. The number of hydrogen-bond donors (Lipinski definition) is 0. The van der Waals surface area contributed by atoms with Crippen molar-refractivity contribution < 1.29 is 18.3 Å². The fourth-order valence-electron chi connectivity index (χ4n) is 3.56. The van der Waals surface area contributed by atoms with Crippen LogP contribution >= 0.6 is 0 Å². The number of imidazole rings is 1. The summed E-state index contributed by atoms with van der Waals surface area (Å²) >= 11 is 0. The molecule has 0 N–H and O–H groups in total. The number of nitrogens with zero attached hydrogens (tertiary/aromatic N) is 3. The number of carbonyl (C=O) groups excluding carboxylic acids is 1. The van der Waals surface area contributed by atoms with Gasteiger partial charge in [0.25, 0.3) is 0 Å². The molecule has 1 aliphatic rings. The van der Waals surface area contributed by atoms with E-state index in [-0.39, 0.29) is 12.5 Å². The van der Waals surface area contributed by atoms with E-state index in [0.29, 0.717) is 29.9 Å². The molecule has 7 heteroatoms. The van der Waals surface area contributed by atoms with Crippen LogP contribution in [0.3, 0.4) is 0 Å². The van der Waals surface area contributed by atoms with Crippen LogP contribution in [0.2, 0.25) is 0 Å². The van der Waals surface area contributed by atoms with Crippen molar-refractivity contribution >= 4 is 12.0 Å². The number of aromatic nitrogens is 2. The summed E-state index contributed by atoms with van der Waals surface area (Å²) in [5, 5.41) is 0. The minimum Gasteiger partial charge on any atom is -0.495 e. The molecule has 1 aliphatic heterocycles. The van der Waals surface area contributed by atoms with Gasteiger partial charge >= 0.3 is 0 Å². The second kappa shape index (κ2) is 8.10. The summed E-state index contributed by atoms with van der Waals surface area (Å²) in [6.45, 7) is 2.70. The van der Waals surface area contributed by atoms with Crippen LogP contribution < -0.4 is 4.74 Å². The summed E-state index contributed by atoms with van der Waals surface area (Å²) in [6.07, 6.45) is 6.07. The normalized spacial score (nSPS) is 15.3. The molecule has 4 rings (SSSR count). The van der Waals surface area contributed by atoms with Gasteiger partial charge in [0.05, 0.1) is 24.8 Å². The molecule has 2 aromatic carbocycles. The summed E-state index contributed by atoms with van der Waals surface area (Å²) in [5.41, 5.74) is 3.85. The lowest BCUT2D eigenvalue weighted by atomic mass is 10.1. The predicted molar refractivity (Wildman–Crippen MR) is 109 cm³/mol. The number of likely N-dealkylation sites (tertiary alicyclic amines) is 1. The first kappa shape index (κ1) is 19.8. The molecule has 0 aliphatic carbocycles. The van der Waals surface area contributed by atoms with Gasteiger partial charge in [0.15, 0.2) is 11.6 Å². The van der Waals surface area contributed by atoms with Gasteiger partial charge in [-0.1, -0.05) is 12.1 Å². The standard InChI is InChI=1S/C23H21F2N3O2/c1-15-12-28(14-26-15)21-6-4-16(11-22(21)30-2)9-18-7-8-27(23(18)29)13-17-3-5-19(24)20(25)10-17/h3-6,9-12,14H,7-8,13H2,1-2H3/b18-9+. The van der Waals surface area contributed by atoms with Gasteiger partial charge in [0, 0.05) is 24.9 Å². The number of carbonyl (C=O) groups is 1. The molecular weight excluding hydrogens is 388 g/mol. The van der Waals surface area contributed by atoms with Crippen molar-refractivity contribution in [3.8, 4) is 11.4 Å². The van der Waals surface area contributed by atoms with Crippen LogP contribution in [0.1, 0.15) is 23.2 Å². The van der Waals surface area contributed by atoms with Crippen molar-refractivity contribution in [3.05, 3.63) is 83.0 Å². The number of hydrogen-bond acceptors (Lipinski definition) is 3. The van der Waals surface area contributed by atoms with E-state index in [1.807, 2.05) is 42.0 Å². The van der Waals surface area contributed by atoms with Crippen LogP contribution in [0.15, 0.2) is 54.5 Å². The largest absolute Gasteiger partial charge is 0.495 e. The molecule has 154 valence electrons. The molecule has 0 radical (unpaired) electrons. The second-order valence-corrected chi connectivity index (χ2v) is 7.25. The lowest BCUT2D eigenvalue weighted by Gasteiger charge is -2.15. The molecule has 0 spiro atoms. The highest BCUT2D eigenvalue weighted by molar-refractivity contribution is 5.99. The van der Waals surface area contributed by atoms with Crippen LogP contribution in [-0.4, -0.2) is 34.0 Å². The zero-order valence-electron chi connectivity index (χ0n) is 16.7. The fraction of sp³-hybridized carbons (Fsp3) is 0.217. The molecule has 1 fully saturated rings. The van der Waals surface area contributed by atoms with Crippen LogP contribution in [0.5, 0.6) is 5.75 Å². The maximum absolute atomic E-state index is 13.4. The molecule has 0 atom stereocenters. The molecule has 1 amide bonds. The van der Waals surface area contributed by atoms with Crippen LogP contribution in [0.25, 0.3) is 11.8 Å². The summed E-state index contributed by atoms with van der Waals surface area (Å²) < 4.78 is 34.0. The third kappa shape index (κ3) is 3.96. The first-order chi connectivity index (χ1) is 14.4. The topological polar surface area (TPSA) is 47.4 Å². The number of benzene rings is 2. The quantitative estimate of drug-likeness (QED) is 0.591. The van der Waals surface area contributed by atoms with E-state index >= 15 is 0 Å². The third-order valence-electron chi connectivity index (χ3n) is 5.10. The van der Waals surface area contributed by atoms with Crippen molar-refractivity contribution in [3.63, 3.8) is 0 Å². The Bertz CT molecular complexity index is 1140. The van der Waals surface area contributed by atoms with Gasteiger partial charge in [-0.2, -0.15) is 0 Å². The van der Waals surface area contributed by atoms with Crippen LogP contribution in [0.4, 0.5) is 8.78 Å². The average Bonchev–Trinajstić information content (AvgIpc) is 3.31. The van der Waals surface area contributed by atoms with Gasteiger partial charge in [0.1, 0.15) is 5.75 Å². The highest BCUT2D eigenvalue weighted by Gasteiger charge is 2.26. The van der Waals surface area contributed by atoms with E-state index in [1.165, 1.54) is 6.07 Å². The first-order valence-electron chi connectivity index (χ1n) is 9.57. The Morgan fingerprint density at radius 3 is 2.70 bits per heavy atom. The molecule has 2 heterocycles. The van der Waals surface area contributed by atoms with E-state index < -0.39 is 11.6 Å². The number of methoxy groups -OCH3 is 1. The van der Waals surface area contributed by atoms with Crippen LogP contribution in [-0.2, 0) is 11.3 Å². The van der Waals surface area contributed by atoms with Crippen molar-refractivity contribution in [2.75, 3.05) is 13.7 Å². The average molecular weight is 409 g/mol. The Hall–Kier alpha value is -3.48. The van der Waals surface area contributed by atoms with E-state index in [0.717, 1.165) is 29.1 Å². The number of ether oxygens (including phenoxy) is 1. The molecule has 0 saturated carbocycles. The highest BCUT2D eigenvalue weighted by atomic mass is 19.2. The van der Waals surface area contributed by atoms with Gasteiger partial charge < -0.3 is 14.2 Å². The predicted octanol–water partition coefficient (Wildman–Crippen LogP) is 4.28. The molecule has 5 nitrogen and oxygen atoms in total. The fourth-order valence-corrected chi connectivity index (χ4v) is 3.56. The zero-order chi connectivity index (χ0) is 21.3. The molecular formula is C23H21F2N3O2. The number of amides is 1. The Labute approximate surface area is 173 Å². The van der Waals surface area contributed by atoms with Crippen molar-refractivity contribution in [1.82, 2.24) is 14.5 Å². The zero-order valence-corrected chi connectivity index (χ0v) is 16.7. The van der Waals surface area contributed by atoms with Crippen LogP contribution in [0, 0.1) is 18.6 Å². The maximum atomic E-state index is 13.4. The van der Waals surface area contributed by atoms with Crippen molar-refractivity contribution in [1.29, 1.82) is 0 Å². The number of aryl methyl sites for hydroxylation is 1. The van der Waals surface area contributed by atoms with Gasteiger partial charge in [-0.3, -0.25) is 4.79 Å². The second-order valence-electron chi connectivity index (χ2n) is 7.25. The van der Waals surface area contributed by atoms with E-state index in [4.69, 9.17) is 4.74 Å². The Balaban J connectivity index is 1.53. The maximum Gasteiger partial charge on any atom is 0.250 e. The lowest BCUT2D eigenvalue weighted by molar-refractivity contribution is -0.125. The summed E-state index contributed by atoms with van der Waals surface area (Å²) in [7, 11) is 1.60. The number of rotatable bonds is 5. The lowest BCUT2D eigenvalue weighted by Crippen LogP contribution is -2.24. The Kier molecular flexibility index (Phi) is 5.35. The SMILES string of the molecule is COc1cc(/C=C2\CCN(Cc3ccc(F)c(F)c3)C2=O)ccc1-n1cnc(C)c1. The molecule has 1 saturated heterocycles. The van der Waals surface area contributed by atoms with Gasteiger partial charge in [-0.15, -0.1) is 0 Å². The van der Waals surface area contributed by atoms with E-state index in [9.17, 15) is 13.6 Å². The monoisotopic (exact) mass is 409 g/mol. The minimum atomic E-state index is -0.907. The molecule has 30 heavy (non-hydrogen) atoms. The molecule has 1 aromatic heterocycles. The minimum absolute atomic E-state index is 0.104. The number of halogens is 2. The molecule has 0 bridgehead atoms. The third-order valence-corrected chi connectivity index (χ3v) is 5.10. The van der Waals surface area contributed by atoms with Crippen molar-refractivity contribution in [2.45, 2.75) is 19.9 Å². The Morgan fingerprint density at radius 2 is 2.00 bits per heavy atom. The molecule has 0 unspecified atom stereocenters. The van der Waals surface area contributed by atoms with E-state index in [1.54, 1.807) is 18.3 Å². The van der Waals surface area contributed by atoms with E-state index in [2.05, 4.69) is 4.98 Å². The summed E-state index contributed by atoms with van der Waals surface area (Å²) in [5.74, 6) is -1.23. The first-order valence-corrected chi connectivity index (χ1v) is 9.57. The van der Waals surface area contributed by atoms with Gasteiger partial charge in [-0.05, 0) is 54.8 Å². The highest BCUT2D eigenvalue weighted by Crippen LogP contribution is 2.28. The molecule has 3 aromatic rings. The smallest absolute Gasteiger partial charge is 0.250 e. The van der Waals surface area contributed by atoms with Crippen molar-refractivity contribution in [2.24, 2.45) is 0 Å². The Morgan fingerprint density at radius 1 is 1.17 bits per heavy atom. The summed E-state index contributed by atoms with van der Waals surface area (Å²) in [6, 6.07) is 9.43.